The Labute approximate surface area is 179 Å². The van der Waals surface area contributed by atoms with Gasteiger partial charge in [-0.15, -0.1) is 0 Å². The monoisotopic (exact) mass is 402 g/mol. The molecule has 10 atom stereocenters. The van der Waals surface area contributed by atoms with Gasteiger partial charge >= 0.3 is 0 Å². The Hall–Kier alpha value is -0.120. The second-order valence-corrected chi connectivity index (χ2v) is 13.1. The fourth-order valence-corrected chi connectivity index (χ4v) is 11.1. The van der Waals surface area contributed by atoms with E-state index in [9.17, 15) is 5.11 Å². The minimum atomic E-state index is -0.147. The van der Waals surface area contributed by atoms with Crippen LogP contribution in [0.25, 0.3) is 0 Å². The zero-order valence-electron chi connectivity index (χ0n) is 20.1. The number of hydrogen-bond donors (Lipinski definition) is 3. The summed E-state index contributed by atoms with van der Waals surface area (Å²) in [6.07, 6.45) is 10.7. The van der Waals surface area contributed by atoms with Gasteiger partial charge in [0, 0.05) is 18.0 Å². The second-order valence-electron chi connectivity index (χ2n) is 13.1. The SMILES string of the molecule is CN[C@H]1CC[C@@]23C[C@@]24CC[C@]2(C)[C@@H]([C@@H](C)NC)[C@H](O)C[C@@]2(C)[C@H]4CC[C@H]3C1(C)C. The predicted molar refractivity (Wildman–Crippen MR) is 120 cm³/mol. The van der Waals surface area contributed by atoms with Crippen LogP contribution in [0.15, 0.2) is 0 Å². The Morgan fingerprint density at radius 2 is 1.52 bits per heavy atom. The molecule has 5 saturated carbocycles. The standard InChI is InChI=1S/C26H46N2O/c1-16(27-6)21-17(29)14-24(5)19-9-8-18-22(2,3)20(28-7)10-11-25(18)15-26(19,25)13-12-23(21,24)4/h16-21,27-29H,8-15H2,1-7H3/t16-,17-,18+,19-,20+,21+,23-,24+,25+,26-/m1/s1. The Balaban J connectivity index is 1.52. The van der Waals surface area contributed by atoms with E-state index >= 15 is 0 Å². The van der Waals surface area contributed by atoms with Gasteiger partial charge in [0.1, 0.15) is 0 Å². The molecule has 2 spiro atoms. The fourth-order valence-electron chi connectivity index (χ4n) is 11.1. The third-order valence-corrected chi connectivity index (χ3v) is 12.5. The maximum atomic E-state index is 11.3. The number of aliphatic hydroxyl groups excluding tert-OH is 1. The molecular formula is C26H46N2O. The number of aliphatic hydroxyl groups is 1. The van der Waals surface area contributed by atoms with E-state index in [4.69, 9.17) is 0 Å². The van der Waals surface area contributed by atoms with Gasteiger partial charge in [-0.25, -0.2) is 0 Å². The molecule has 5 aliphatic rings. The first-order chi connectivity index (χ1) is 13.5. The predicted octanol–water partition coefficient (Wildman–Crippen LogP) is 4.59. The van der Waals surface area contributed by atoms with Crippen LogP contribution in [-0.2, 0) is 0 Å². The van der Waals surface area contributed by atoms with Gasteiger partial charge in [-0.05, 0) is 111 Å². The molecule has 0 radical (unpaired) electrons. The number of rotatable bonds is 3. The van der Waals surface area contributed by atoms with Crippen molar-refractivity contribution in [2.24, 2.45) is 44.8 Å². The number of nitrogens with one attached hydrogen (secondary N) is 2. The van der Waals surface area contributed by atoms with Crippen molar-refractivity contribution in [3.63, 3.8) is 0 Å². The van der Waals surface area contributed by atoms with Gasteiger partial charge in [0.15, 0.2) is 0 Å². The van der Waals surface area contributed by atoms with Crippen LogP contribution >= 0.6 is 0 Å². The van der Waals surface area contributed by atoms with Crippen LogP contribution in [-0.4, -0.2) is 37.4 Å². The van der Waals surface area contributed by atoms with Gasteiger partial charge < -0.3 is 15.7 Å². The maximum absolute atomic E-state index is 11.3. The Morgan fingerprint density at radius 1 is 0.862 bits per heavy atom. The van der Waals surface area contributed by atoms with Gasteiger partial charge in [-0.2, -0.15) is 0 Å². The maximum Gasteiger partial charge on any atom is 0.0594 e. The quantitative estimate of drug-likeness (QED) is 0.647. The summed E-state index contributed by atoms with van der Waals surface area (Å²) >= 11 is 0. The second kappa shape index (κ2) is 6.01. The van der Waals surface area contributed by atoms with Crippen LogP contribution in [0.2, 0.25) is 0 Å². The molecule has 0 amide bonds. The van der Waals surface area contributed by atoms with Crippen molar-refractivity contribution >= 4 is 0 Å². The van der Waals surface area contributed by atoms with Crippen molar-refractivity contribution in [1.82, 2.24) is 10.6 Å². The average molecular weight is 403 g/mol. The summed E-state index contributed by atoms with van der Waals surface area (Å²) in [6.45, 7) is 12.6. The highest BCUT2D eigenvalue weighted by Gasteiger charge is 2.82. The van der Waals surface area contributed by atoms with Crippen molar-refractivity contribution in [1.29, 1.82) is 0 Å². The lowest BCUT2D eigenvalue weighted by atomic mass is 9.42. The molecule has 5 aliphatic carbocycles. The van der Waals surface area contributed by atoms with Crippen LogP contribution in [0, 0.1) is 44.8 Å². The summed E-state index contributed by atoms with van der Waals surface area (Å²) in [5.41, 5.74) is 2.14. The van der Waals surface area contributed by atoms with E-state index in [2.05, 4.69) is 59.3 Å². The third-order valence-electron chi connectivity index (χ3n) is 12.5. The van der Waals surface area contributed by atoms with E-state index < -0.39 is 0 Å². The van der Waals surface area contributed by atoms with Crippen LogP contribution in [0.4, 0.5) is 0 Å². The Bertz CT molecular complexity index is 692. The normalized spacial score (nSPS) is 58.6. The minimum Gasteiger partial charge on any atom is -0.393 e. The van der Waals surface area contributed by atoms with E-state index in [0.717, 1.165) is 18.3 Å². The highest BCUT2D eigenvalue weighted by Crippen LogP contribution is 2.88. The fraction of sp³-hybridized carbons (Fsp3) is 1.00. The molecule has 29 heavy (non-hydrogen) atoms. The molecular weight excluding hydrogens is 356 g/mol. The summed E-state index contributed by atoms with van der Waals surface area (Å²) in [6, 6.07) is 1.06. The van der Waals surface area contributed by atoms with Crippen molar-refractivity contribution in [2.45, 2.75) is 104 Å². The van der Waals surface area contributed by atoms with E-state index in [1.807, 2.05) is 0 Å². The van der Waals surface area contributed by atoms with Crippen LogP contribution < -0.4 is 10.6 Å². The minimum absolute atomic E-state index is 0.147. The van der Waals surface area contributed by atoms with Crippen molar-refractivity contribution in [2.75, 3.05) is 14.1 Å². The molecule has 0 heterocycles. The third kappa shape index (κ3) is 2.16. The molecule has 0 aromatic heterocycles. The molecule has 166 valence electrons. The van der Waals surface area contributed by atoms with Crippen LogP contribution in [0.5, 0.6) is 0 Å². The smallest absolute Gasteiger partial charge is 0.0594 e. The number of fused-ring (bicyclic) bond motifs is 2. The lowest BCUT2D eigenvalue weighted by molar-refractivity contribution is -0.144. The van der Waals surface area contributed by atoms with E-state index in [-0.39, 0.29) is 11.5 Å². The van der Waals surface area contributed by atoms with Crippen molar-refractivity contribution in [3.05, 3.63) is 0 Å². The molecule has 0 saturated heterocycles. The van der Waals surface area contributed by atoms with Crippen molar-refractivity contribution < 1.29 is 5.11 Å². The van der Waals surface area contributed by atoms with Gasteiger partial charge in [-0.3, -0.25) is 0 Å². The Morgan fingerprint density at radius 3 is 2.17 bits per heavy atom. The molecule has 0 aliphatic heterocycles. The highest BCUT2D eigenvalue weighted by atomic mass is 16.3. The van der Waals surface area contributed by atoms with Gasteiger partial charge in [-0.1, -0.05) is 27.7 Å². The lowest BCUT2D eigenvalue weighted by Gasteiger charge is -2.63. The molecule has 0 unspecified atom stereocenters. The Kier molecular flexibility index (Phi) is 4.31. The molecule has 5 rings (SSSR count). The van der Waals surface area contributed by atoms with E-state index in [1.54, 1.807) is 0 Å². The van der Waals surface area contributed by atoms with Gasteiger partial charge in [0.05, 0.1) is 6.10 Å². The molecule has 3 N–H and O–H groups in total. The summed E-state index contributed by atoms with van der Waals surface area (Å²) in [5.74, 6) is 2.08. The topological polar surface area (TPSA) is 44.3 Å². The summed E-state index contributed by atoms with van der Waals surface area (Å²) < 4.78 is 0. The molecule has 5 fully saturated rings. The van der Waals surface area contributed by atoms with E-state index in [1.165, 1.54) is 44.9 Å². The zero-order chi connectivity index (χ0) is 21.0. The number of hydrogen-bond acceptors (Lipinski definition) is 3. The van der Waals surface area contributed by atoms with Crippen LogP contribution in [0.1, 0.15) is 86.0 Å². The molecule has 3 heteroatoms. The van der Waals surface area contributed by atoms with Crippen molar-refractivity contribution in [3.8, 4) is 0 Å². The average Bonchev–Trinajstić information content (AvgIpc) is 3.26. The first-order valence-corrected chi connectivity index (χ1v) is 12.6. The van der Waals surface area contributed by atoms with Gasteiger partial charge in [0.25, 0.3) is 0 Å². The summed E-state index contributed by atoms with van der Waals surface area (Å²) in [4.78, 5) is 0. The van der Waals surface area contributed by atoms with Gasteiger partial charge in [0.2, 0.25) is 0 Å². The van der Waals surface area contributed by atoms with E-state index in [0.29, 0.717) is 39.7 Å². The molecule has 0 aromatic rings. The molecule has 0 bridgehead atoms. The summed E-state index contributed by atoms with van der Waals surface area (Å²) in [7, 11) is 4.25. The summed E-state index contributed by atoms with van der Waals surface area (Å²) in [5, 5.41) is 18.4. The van der Waals surface area contributed by atoms with Crippen LogP contribution in [0.3, 0.4) is 0 Å². The lowest BCUT2D eigenvalue weighted by Crippen LogP contribution is -2.59. The molecule has 0 aromatic carbocycles. The zero-order valence-corrected chi connectivity index (χ0v) is 20.1. The first-order valence-electron chi connectivity index (χ1n) is 12.6. The highest BCUT2D eigenvalue weighted by molar-refractivity contribution is 5.31. The first kappa shape index (κ1) is 20.8. The molecule has 3 nitrogen and oxygen atoms in total. The largest absolute Gasteiger partial charge is 0.393 e.